The van der Waals surface area contributed by atoms with Crippen molar-refractivity contribution in [2.24, 2.45) is 0 Å². The number of nitrogens with one attached hydrogen (secondary N) is 2. The minimum absolute atomic E-state index is 0.287. The van der Waals surface area contributed by atoms with Crippen molar-refractivity contribution in [2.75, 3.05) is 24.9 Å². The lowest BCUT2D eigenvalue weighted by atomic mass is 10.1. The smallest absolute Gasteiger partial charge is 0.418 e. The van der Waals surface area contributed by atoms with Crippen LogP contribution in [-0.2, 0) is 11.0 Å². The van der Waals surface area contributed by atoms with Gasteiger partial charge in [-0.05, 0) is 55.0 Å². The third-order valence-electron chi connectivity index (χ3n) is 5.17. The van der Waals surface area contributed by atoms with Crippen molar-refractivity contribution in [3.8, 4) is 11.5 Å². The van der Waals surface area contributed by atoms with E-state index in [-0.39, 0.29) is 11.6 Å². The molecule has 1 unspecified atom stereocenters. The molecular formula is C26H25F3N2O4S. The normalized spacial score (nSPS) is 11.9. The topological polar surface area (TPSA) is 76.7 Å². The zero-order valence-electron chi connectivity index (χ0n) is 19.8. The lowest BCUT2D eigenvalue weighted by Crippen LogP contribution is -2.26. The molecule has 10 heteroatoms. The number of anilines is 2. The Morgan fingerprint density at radius 1 is 0.917 bits per heavy atom. The quantitative estimate of drug-likeness (QED) is 0.317. The van der Waals surface area contributed by atoms with Gasteiger partial charge in [0.05, 0.1) is 30.7 Å². The molecule has 0 fully saturated rings. The summed E-state index contributed by atoms with van der Waals surface area (Å²) in [6.45, 7) is 1.77. The summed E-state index contributed by atoms with van der Waals surface area (Å²) in [7, 11) is 2.97. The Hall–Kier alpha value is -3.66. The molecule has 0 radical (unpaired) electrons. The summed E-state index contributed by atoms with van der Waals surface area (Å²) in [5.41, 5.74) is -0.333. The Morgan fingerprint density at radius 3 is 2.31 bits per heavy atom. The van der Waals surface area contributed by atoms with Gasteiger partial charge in [0.25, 0.3) is 5.91 Å². The maximum Gasteiger partial charge on any atom is 0.418 e. The number of methoxy groups -OCH3 is 2. The minimum Gasteiger partial charge on any atom is -0.493 e. The summed E-state index contributed by atoms with van der Waals surface area (Å²) in [5.74, 6) is -0.00171. The molecule has 2 amide bonds. The van der Waals surface area contributed by atoms with E-state index in [1.165, 1.54) is 44.2 Å². The van der Waals surface area contributed by atoms with E-state index >= 15 is 0 Å². The second-order valence-electron chi connectivity index (χ2n) is 7.60. The molecule has 0 bridgehead atoms. The van der Waals surface area contributed by atoms with Crippen LogP contribution in [0.4, 0.5) is 24.5 Å². The van der Waals surface area contributed by atoms with Gasteiger partial charge in [0.1, 0.15) is 0 Å². The predicted molar refractivity (Wildman–Crippen MR) is 134 cm³/mol. The van der Waals surface area contributed by atoms with Crippen LogP contribution in [0.15, 0.2) is 71.6 Å². The fraction of sp³-hybridized carbons (Fsp3) is 0.231. The van der Waals surface area contributed by atoms with Crippen molar-refractivity contribution in [3.63, 3.8) is 0 Å². The Bertz CT molecular complexity index is 1230. The number of benzene rings is 3. The Morgan fingerprint density at radius 2 is 1.64 bits per heavy atom. The van der Waals surface area contributed by atoms with Gasteiger partial charge in [0, 0.05) is 16.1 Å². The fourth-order valence-corrected chi connectivity index (χ4v) is 4.38. The van der Waals surface area contributed by atoms with Crippen LogP contribution in [0.1, 0.15) is 29.3 Å². The van der Waals surface area contributed by atoms with Gasteiger partial charge >= 0.3 is 6.18 Å². The maximum absolute atomic E-state index is 13.3. The molecule has 190 valence electrons. The van der Waals surface area contributed by atoms with Crippen LogP contribution in [0.5, 0.6) is 11.5 Å². The van der Waals surface area contributed by atoms with Crippen LogP contribution in [0.3, 0.4) is 0 Å². The van der Waals surface area contributed by atoms with E-state index in [2.05, 4.69) is 10.6 Å². The molecule has 3 aromatic carbocycles. The average Bonchev–Trinajstić information content (AvgIpc) is 2.86. The van der Waals surface area contributed by atoms with Crippen LogP contribution in [0.25, 0.3) is 0 Å². The first-order chi connectivity index (χ1) is 17.2. The molecule has 0 aromatic heterocycles. The molecule has 36 heavy (non-hydrogen) atoms. The van der Waals surface area contributed by atoms with Crippen molar-refractivity contribution >= 4 is 35.0 Å². The number of halogens is 3. The molecule has 6 nitrogen and oxygen atoms in total. The van der Waals surface area contributed by atoms with Gasteiger partial charge in [-0.1, -0.05) is 25.1 Å². The average molecular weight is 519 g/mol. The molecule has 3 aromatic rings. The van der Waals surface area contributed by atoms with Gasteiger partial charge in [-0.2, -0.15) is 13.2 Å². The van der Waals surface area contributed by atoms with Crippen LogP contribution >= 0.6 is 11.8 Å². The van der Waals surface area contributed by atoms with E-state index in [0.29, 0.717) is 34.1 Å². The van der Waals surface area contributed by atoms with Crippen LogP contribution in [-0.4, -0.2) is 31.3 Å². The number of hydrogen-bond acceptors (Lipinski definition) is 5. The van der Waals surface area contributed by atoms with E-state index in [1.54, 1.807) is 49.4 Å². The van der Waals surface area contributed by atoms with E-state index in [0.717, 1.165) is 6.07 Å². The molecule has 0 aliphatic carbocycles. The zero-order valence-corrected chi connectivity index (χ0v) is 20.6. The number of amides is 2. The summed E-state index contributed by atoms with van der Waals surface area (Å²) in [6.07, 6.45) is -4.20. The van der Waals surface area contributed by atoms with Crippen molar-refractivity contribution in [3.05, 3.63) is 77.9 Å². The minimum atomic E-state index is -4.58. The Balaban J connectivity index is 1.71. The first kappa shape index (κ1) is 26.9. The molecule has 2 N–H and O–H groups in total. The molecule has 3 rings (SSSR count). The number of hydrogen-bond donors (Lipinski definition) is 2. The van der Waals surface area contributed by atoms with E-state index in [4.69, 9.17) is 9.47 Å². The predicted octanol–water partition coefficient (Wildman–Crippen LogP) is 6.48. The third-order valence-corrected chi connectivity index (χ3v) is 6.53. The standard InChI is InChI=1S/C26H25F3N2O4S/c1-4-23(25(33)31-20-11-6-5-10-19(20)26(27,28)29)36-18-9-7-8-17(15-18)30-24(32)16-12-13-21(34-2)22(14-16)35-3/h5-15,23H,4H2,1-3H3,(H,30,32)(H,31,33). The molecule has 1 atom stereocenters. The van der Waals surface area contributed by atoms with Crippen LogP contribution in [0.2, 0.25) is 0 Å². The van der Waals surface area contributed by atoms with Crippen molar-refractivity contribution in [2.45, 2.75) is 29.7 Å². The number of carbonyl (C=O) groups excluding carboxylic acids is 2. The molecule has 0 saturated heterocycles. The fourth-order valence-electron chi connectivity index (χ4n) is 3.37. The number of rotatable bonds is 9. The largest absolute Gasteiger partial charge is 0.493 e. The first-order valence-corrected chi connectivity index (χ1v) is 11.8. The van der Waals surface area contributed by atoms with Gasteiger partial charge in [-0.3, -0.25) is 9.59 Å². The lowest BCUT2D eigenvalue weighted by Gasteiger charge is -2.18. The van der Waals surface area contributed by atoms with Crippen molar-refractivity contribution in [1.29, 1.82) is 0 Å². The number of thioether (sulfide) groups is 1. The second-order valence-corrected chi connectivity index (χ2v) is 8.88. The highest BCUT2D eigenvalue weighted by Gasteiger charge is 2.34. The number of para-hydroxylation sites is 1. The van der Waals surface area contributed by atoms with Gasteiger partial charge in [-0.25, -0.2) is 0 Å². The second kappa shape index (κ2) is 11.9. The van der Waals surface area contributed by atoms with E-state index in [1.807, 2.05) is 0 Å². The molecule has 0 aliphatic rings. The number of ether oxygens (including phenoxy) is 2. The highest BCUT2D eigenvalue weighted by molar-refractivity contribution is 8.00. The molecule has 0 aliphatic heterocycles. The van der Waals surface area contributed by atoms with Gasteiger partial charge < -0.3 is 20.1 Å². The van der Waals surface area contributed by atoms with Crippen LogP contribution < -0.4 is 20.1 Å². The SMILES string of the molecule is CCC(Sc1cccc(NC(=O)c2ccc(OC)c(OC)c2)c1)C(=O)Nc1ccccc1C(F)(F)F. The molecular weight excluding hydrogens is 493 g/mol. The lowest BCUT2D eigenvalue weighted by molar-refractivity contribution is -0.137. The highest BCUT2D eigenvalue weighted by atomic mass is 32.2. The highest BCUT2D eigenvalue weighted by Crippen LogP contribution is 2.35. The summed E-state index contributed by atoms with van der Waals surface area (Å²) in [6, 6.07) is 16.5. The summed E-state index contributed by atoms with van der Waals surface area (Å²) >= 11 is 1.20. The van der Waals surface area contributed by atoms with E-state index < -0.39 is 22.9 Å². The maximum atomic E-state index is 13.3. The summed E-state index contributed by atoms with van der Waals surface area (Å²) < 4.78 is 50.2. The molecule has 0 saturated carbocycles. The first-order valence-electron chi connectivity index (χ1n) is 10.9. The molecule has 0 heterocycles. The third kappa shape index (κ3) is 6.72. The number of carbonyl (C=O) groups is 2. The van der Waals surface area contributed by atoms with Gasteiger partial charge in [-0.15, -0.1) is 11.8 Å². The summed E-state index contributed by atoms with van der Waals surface area (Å²) in [4.78, 5) is 26.2. The van der Waals surface area contributed by atoms with Crippen molar-refractivity contribution in [1.82, 2.24) is 0 Å². The van der Waals surface area contributed by atoms with E-state index in [9.17, 15) is 22.8 Å². The van der Waals surface area contributed by atoms with Gasteiger partial charge in [0.15, 0.2) is 11.5 Å². The summed E-state index contributed by atoms with van der Waals surface area (Å²) in [5, 5.41) is 4.55. The zero-order chi connectivity index (χ0) is 26.3. The molecule has 0 spiro atoms. The van der Waals surface area contributed by atoms with Crippen LogP contribution in [0, 0.1) is 0 Å². The van der Waals surface area contributed by atoms with Gasteiger partial charge in [0.2, 0.25) is 5.91 Å². The Labute approximate surface area is 211 Å². The monoisotopic (exact) mass is 518 g/mol. The van der Waals surface area contributed by atoms with Crippen molar-refractivity contribution < 1.29 is 32.2 Å². The Kier molecular flexibility index (Phi) is 8.87. The number of alkyl halides is 3.